The van der Waals surface area contributed by atoms with Crippen molar-refractivity contribution in [1.82, 2.24) is 15.0 Å². The van der Waals surface area contributed by atoms with E-state index in [2.05, 4.69) is 19.7 Å². The van der Waals surface area contributed by atoms with Gasteiger partial charge in [-0.05, 0) is 31.5 Å². The highest BCUT2D eigenvalue weighted by atomic mass is 32.2. The van der Waals surface area contributed by atoms with Gasteiger partial charge in [-0.2, -0.15) is 0 Å². The molecule has 0 fully saturated rings. The molecule has 0 aliphatic heterocycles. The molecule has 2 heterocycles. The Morgan fingerprint density at radius 2 is 1.89 bits per heavy atom. The first-order valence-electron chi connectivity index (χ1n) is 8.76. The predicted molar refractivity (Wildman–Crippen MR) is 110 cm³/mol. The zero-order valence-corrected chi connectivity index (χ0v) is 17.0. The number of para-hydroxylation sites is 1. The van der Waals surface area contributed by atoms with E-state index >= 15 is 0 Å². The van der Waals surface area contributed by atoms with Crippen molar-refractivity contribution in [2.24, 2.45) is 0 Å². The maximum Gasteiger partial charge on any atom is 0.229 e. The highest BCUT2D eigenvalue weighted by Crippen LogP contribution is 2.38. The van der Waals surface area contributed by atoms with Gasteiger partial charge in [-0.15, -0.1) is 0 Å². The van der Waals surface area contributed by atoms with Gasteiger partial charge in [-0.25, -0.2) is 18.4 Å². The highest BCUT2D eigenvalue weighted by Gasteiger charge is 2.19. The van der Waals surface area contributed by atoms with E-state index in [-0.39, 0.29) is 0 Å². The SMILES string of the molecule is CCc1ncnc(-c2ccccc2OC)c1-c1cnc(C)c(NS(C)(=O)=O)c1. The van der Waals surface area contributed by atoms with Crippen molar-refractivity contribution in [1.29, 1.82) is 0 Å². The molecule has 7 nitrogen and oxygen atoms in total. The van der Waals surface area contributed by atoms with Crippen LogP contribution in [0.15, 0.2) is 42.9 Å². The first-order chi connectivity index (χ1) is 13.3. The van der Waals surface area contributed by atoms with Crippen LogP contribution in [0.5, 0.6) is 5.75 Å². The molecule has 3 rings (SSSR count). The first kappa shape index (κ1) is 19.8. The summed E-state index contributed by atoms with van der Waals surface area (Å²) in [6.45, 7) is 3.76. The number of anilines is 1. The number of nitrogens with one attached hydrogen (secondary N) is 1. The van der Waals surface area contributed by atoms with Gasteiger partial charge in [-0.1, -0.05) is 19.1 Å². The van der Waals surface area contributed by atoms with Crippen molar-refractivity contribution < 1.29 is 13.2 Å². The number of hydrogen-bond donors (Lipinski definition) is 1. The fourth-order valence-corrected chi connectivity index (χ4v) is 3.62. The Labute approximate surface area is 164 Å². The van der Waals surface area contributed by atoms with Crippen LogP contribution in [0.2, 0.25) is 0 Å². The molecule has 1 aromatic carbocycles. The quantitative estimate of drug-likeness (QED) is 0.683. The minimum absolute atomic E-state index is 0.428. The molecule has 0 aliphatic carbocycles. The van der Waals surface area contributed by atoms with Crippen molar-refractivity contribution in [2.45, 2.75) is 20.3 Å². The molecule has 0 unspecified atom stereocenters. The molecule has 146 valence electrons. The number of ether oxygens (including phenoxy) is 1. The third-order valence-corrected chi connectivity index (χ3v) is 4.88. The number of methoxy groups -OCH3 is 1. The van der Waals surface area contributed by atoms with Crippen LogP contribution in [-0.2, 0) is 16.4 Å². The molecule has 0 aliphatic rings. The highest BCUT2D eigenvalue weighted by molar-refractivity contribution is 7.92. The maximum atomic E-state index is 11.7. The van der Waals surface area contributed by atoms with Crippen LogP contribution in [0.3, 0.4) is 0 Å². The second-order valence-electron chi connectivity index (χ2n) is 6.33. The minimum Gasteiger partial charge on any atom is -0.496 e. The molecule has 28 heavy (non-hydrogen) atoms. The lowest BCUT2D eigenvalue weighted by Gasteiger charge is -2.16. The van der Waals surface area contributed by atoms with Gasteiger partial charge in [-0.3, -0.25) is 9.71 Å². The molecule has 0 atom stereocenters. The molecule has 0 saturated heterocycles. The standard InChI is InChI=1S/C20H22N4O3S/c1-5-16-19(14-10-17(13(2)21-11-14)24-28(4,25)26)20(23-12-22-16)15-8-6-7-9-18(15)27-3/h6-12,24H,5H2,1-4H3. The smallest absolute Gasteiger partial charge is 0.229 e. The molecule has 0 saturated carbocycles. The molecule has 2 aromatic heterocycles. The summed E-state index contributed by atoms with van der Waals surface area (Å²) in [6, 6.07) is 9.38. The van der Waals surface area contributed by atoms with E-state index in [0.717, 1.165) is 28.6 Å². The van der Waals surface area contributed by atoms with Crippen LogP contribution in [0.1, 0.15) is 18.3 Å². The van der Waals surface area contributed by atoms with Gasteiger partial charge >= 0.3 is 0 Å². The largest absolute Gasteiger partial charge is 0.496 e. The molecule has 3 aromatic rings. The summed E-state index contributed by atoms with van der Waals surface area (Å²) in [4.78, 5) is 13.3. The molecule has 0 spiro atoms. The summed E-state index contributed by atoms with van der Waals surface area (Å²) in [7, 11) is -1.82. The number of pyridine rings is 1. The fraction of sp³-hybridized carbons (Fsp3) is 0.250. The Morgan fingerprint density at radius 3 is 2.57 bits per heavy atom. The van der Waals surface area contributed by atoms with E-state index in [9.17, 15) is 8.42 Å². The monoisotopic (exact) mass is 398 g/mol. The summed E-state index contributed by atoms with van der Waals surface area (Å²) in [5, 5.41) is 0. The fourth-order valence-electron chi connectivity index (χ4n) is 3.01. The molecular weight excluding hydrogens is 376 g/mol. The van der Waals surface area contributed by atoms with Crippen molar-refractivity contribution in [3.8, 4) is 28.1 Å². The molecule has 0 amide bonds. The number of hydrogen-bond acceptors (Lipinski definition) is 6. The number of nitrogens with zero attached hydrogens (tertiary/aromatic N) is 3. The van der Waals surface area contributed by atoms with Crippen molar-refractivity contribution in [3.05, 3.63) is 54.2 Å². The lowest BCUT2D eigenvalue weighted by atomic mass is 9.96. The van der Waals surface area contributed by atoms with E-state index < -0.39 is 10.0 Å². The second kappa shape index (κ2) is 7.93. The summed E-state index contributed by atoms with van der Waals surface area (Å²) in [5.41, 5.74) is 4.93. The summed E-state index contributed by atoms with van der Waals surface area (Å²) >= 11 is 0. The number of sulfonamides is 1. The molecular formula is C20H22N4O3S. The van der Waals surface area contributed by atoms with Crippen LogP contribution >= 0.6 is 0 Å². The normalized spacial score (nSPS) is 11.3. The number of rotatable bonds is 6. The van der Waals surface area contributed by atoms with Gasteiger partial charge in [0.2, 0.25) is 10.0 Å². The van der Waals surface area contributed by atoms with E-state index in [4.69, 9.17) is 4.74 Å². The third kappa shape index (κ3) is 4.12. The van der Waals surface area contributed by atoms with E-state index in [1.165, 1.54) is 6.33 Å². The predicted octanol–water partition coefficient (Wildman–Crippen LogP) is 3.46. The van der Waals surface area contributed by atoms with Crippen molar-refractivity contribution in [2.75, 3.05) is 18.1 Å². The topological polar surface area (TPSA) is 94.1 Å². The maximum absolute atomic E-state index is 11.7. The van der Waals surface area contributed by atoms with Gasteiger partial charge in [0.1, 0.15) is 12.1 Å². The minimum atomic E-state index is -3.43. The zero-order valence-electron chi connectivity index (χ0n) is 16.2. The summed E-state index contributed by atoms with van der Waals surface area (Å²) < 4.78 is 31.5. The number of aryl methyl sites for hydroxylation is 2. The van der Waals surface area contributed by atoms with Gasteiger partial charge < -0.3 is 4.74 Å². The van der Waals surface area contributed by atoms with E-state index in [1.54, 1.807) is 26.3 Å². The van der Waals surface area contributed by atoms with Crippen molar-refractivity contribution in [3.63, 3.8) is 0 Å². The van der Waals surface area contributed by atoms with Crippen LogP contribution < -0.4 is 9.46 Å². The summed E-state index contributed by atoms with van der Waals surface area (Å²) in [6.07, 6.45) is 5.03. The number of aromatic nitrogens is 3. The average Bonchev–Trinajstić information content (AvgIpc) is 2.68. The summed E-state index contributed by atoms with van der Waals surface area (Å²) in [5.74, 6) is 0.694. The molecule has 8 heteroatoms. The average molecular weight is 398 g/mol. The van der Waals surface area contributed by atoms with Crippen LogP contribution in [0.25, 0.3) is 22.4 Å². The van der Waals surface area contributed by atoms with Crippen LogP contribution in [0, 0.1) is 6.92 Å². The van der Waals surface area contributed by atoms with Gasteiger partial charge in [0.15, 0.2) is 0 Å². The van der Waals surface area contributed by atoms with E-state index in [1.807, 2.05) is 31.2 Å². The Balaban J connectivity index is 2.26. The van der Waals surface area contributed by atoms with Crippen LogP contribution in [0.4, 0.5) is 5.69 Å². The lowest BCUT2D eigenvalue weighted by Crippen LogP contribution is -2.11. The first-order valence-corrected chi connectivity index (χ1v) is 10.6. The Morgan fingerprint density at radius 1 is 1.14 bits per heavy atom. The third-order valence-electron chi connectivity index (χ3n) is 4.29. The van der Waals surface area contributed by atoms with Crippen molar-refractivity contribution >= 4 is 15.7 Å². The Kier molecular flexibility index (Phi) is 5.60. The Hall–Kier alpha value is -3.00. The van der Waals surface area contributed by atoms with Crippen LogP contribution in [-0.4, -0.2) is 36.7 Å². The molecule has 0 radical (unpaired) electrons. The second-order valence-corrected chi connectivity index (χ2v) is 8.08. The molecule has 1 N–H and O–H groups in total. The van der Waals surface area contributed by atoms with Gasteiger partial charge in [0.25, 0.3) is 0 Å². The number of benzene rings is 1. The molecule has 0 bridgehead atoms. The lowest BCUT2D eigenvalue weighted by molar-refractivity contribution is 0.416. The zero-order chi connectivity index (χ0) is 20.3. The Bertz CT molecular complexity index is 1110. The van der Waals surface area contributed by atoms with Gasteiger partial charge in [0.05, 0.1) is 36.1 Å². The van der Waals surface area contributed by atoms with Gasteiger partial charge in [0, 0.05) is 22.9 Å². The van der Waals surface area contributed by atoms with E-state index in [0.29, 0.717) is 29.2 Å².